The van der Waals surface area contributed by atoms with Crippen LogP contribution in [0.3, 0.4) is 0 Å². The number of amides is 2. The van der Waals surface area contributed by atoms with E-state index in [-0.39, 0.29) is 18.0 Å². The quantitative estimate of drug-likeness (QED) is 0.159. The van der Waals surface area contributed by atoms with Crippen molar-refractivity contribution < 1.29 is 19.1 Å². The van der Waals surface area contributed by atoms with Crippen molar-refractivity contribution in [2.45, 2.75) is 37.9 Å². The molecule has 2 atom stereocenters. The maximum absolute atomic E-state index is 13.4. The molecule has 36 heavy (non-hydrogen) atoms. The van der Waals surface area contributed by atoms with Crippen LogP contribution in [0.5, 0.6) is 0 Å². The van der Waals surface area contributed by atoms with E-state index in [1.807, 2.05) is 91.0 Å². The number of β-lactam (4-membered cyclic amide) rings is 1. The topological polar surface area (TPSA) is 75.7 Å². The van der Waals surface area contributed by atoms with Crippen LogP contribution in [-0.4, -0.2) is 34.2 Å². The summed E-state index contributed by atoms with van der Waals surface area (Å²) in [5.74, 6) is -1.44. The van der Waals surface area contributed by atoms with Gasteiger partial charge in [-0.25, -0.2) is 4.79 Å². The Hall–Kier alpha value is -3.90. The Labute approximate surface area is 215 Å². The average Bonchev–Trinajstić information content (AvgIpc) is 2.90. The Bertz CT molecular complexity index is 1220. The number of hydrogen-bond acceptors (Lipinski definition) is 4. The number of rotatable bonds is 8. The molecule has 1 aliphatic heterocycles. The molecule has 1 heterocycles. The number of hydrogen-bond donors (Lipinski definition) is 1. The predicted molar refractivity (Wildman–Crippen MR) is 138 cm³/mol. The zero-order chi connectivity index (χ0) is 25.7. The minimum atomic E-state index is -0.927. The molecule has 0 spiro atoms. The van der Waals surface area contributed by atoms with Gasteiger partial charge >= 0.3 is 5.97 Å². The van der Waals surface area contributed by atoms with Crippen molar-refractivity contribution in [1.82, 2.24) is 10.2 Å². The number of benzene rings is 3. The monoisotopic (exact) mass is 502 g/mol. The van der Waals surface area contributed by atoms with Crippen LogP contribution in [0.1, 0.15) is 36.6 Å². The van der Waals surface area contributed by atoms with Gasteiger partial charge in [0.05, 0.1) is 6.42 Å². The summed E-state index contributed by atoms with van der Waals surface area (Å²) >= 11 is 6.52. The summed E-state index contributed by atoms with van der Waals surface area (Å²) in [6, 6.07) is 27.1. The number of alkyl halides is 1. The van der Waals surface area contributed by atoms with E-state index < -0.39 is 29.5 Å². The molecule has 1 N–H and O–H groups in total. The maximum Gasteiger partial charge on any atom is 0.355 e. The Morgan fingerprint density at radius 2 is 1.39 bits per heavy atom. The summed E-state index contributed by atoms with van der Waals surface area (Å²) in [4.78, 5) is 40.1. The molecule has 6 nitrogen and oxygen atoms in total. The largest absolute Gasteiger partial charge is 0.448 e. The molecule has 184 valence electrons. The molecule has 1 fully saturated rings. The molecule has 1 saturated heterocycles. The van der Waals surface area contributed by atoms with E-state index in [1.54, 1.807) is 13.8 Å². The van der Waals surface area contributed by atoms with E-state index in [4.69, 9.17) is 16.3 Å². The number of likely N-dealkylation sites (tertiary alicyclic amines) is 1. The van der Waals surface area contributed by atoms with Crippen LogP contribution in [-0.2, 0) is 25.5 Å². The third kappa shape index (κ3) is 5.50. The second kappa shape index (κ2) is 11.2. The number of nitrogens with one attached hydrogen (secondary N) is 1. The molecule has 7 heteroatoms. The van der Waals surface area contributed by atoms with Crippen LogP contribution in [0.25, 0.3) is 0 Å². The molecule has 3 aromatic carbocycles. The molecule has 2 amide bonds. The van der Waals surface area contributed by atoms with Gasteiger partial charge in [0.2, 0.25) is 5.91 Å². The normalized spacial score (nSPS) is 16.8. The molecular formula is C29H27ClN2O4. The van der Waals surface area contributed by atoms with Crippen LogP contribution in [0.4, 0.5) is 0 Å². The van der Waals surface area contributed by atoms with Gasteiger partial charge in [0.15, 0.2) is 6.10 Å². The van der Waals surface area contributed by atoms with Gasteiger partial charge in [-0.3, -0.25) is 14.5 Å². The Morgan fingerprint density at radius 3 is 1.86 bits per heavy atom. The molecule has 0 aliphatic carbocycles. The smallest absolute Gasteiger partial charge is 0.355 e. The Morgan fingerprint density at radius 1 is 0.889 bits per heavy atom. The average molecular weight is 503 g/mol. The third-order valence-electron chi connectivity index (χ3n) is 5.89. The van der Waals surface area contributed by atoms with E-state index in [1.165, 1.54) is 4.90 Å². The van der Waals surface area contributed by atoms with Gasteiger partial charge in [0.1, 0.15) is 17.2 Å². The zero-order valence-corrected chi connectivity index (χ0v) is 20.8. The number of carbonyl (C=O) groups excluding carboxylic acids is 3. The van der Waals surface area contributed by atoms with Crippen molar-refractivity contribution in [1.29, 1.82) is 0 Å². The molecule has 3 aromatic rings. The number of esters is 1. The molecule has 4 rings (SSSR count). The van der Waals surface area contributed by atoms with Crippen LogP contribution in [0.2, 0.25) is 0 Å². The van der Waals surface area contributed by atoms with E-state index in [9.17, 15) is 14.4 Å². The fraction of sp³-hybridized carbons (Fsp3) is 0.207. The van der Waals surface area contributed by atoms with E-state index in [2.05, 4.69) is 5.32 Å². The highest BCUT2D eigenvalue weighted by molar-refractivity contribution is 6.27. The summed E-state index contributed by atoms with van der Waals surface area (Å²) in [5, 5.41) is 2.68. The SMILES string of the molecule is CC(C)=C(C(=O)OC(c1ccccc1)c1ccccc1)N1C(=O)[C@H](NC(=O)Cc2ccccc2)[C@H]1Cl. The standard InChI is InChI=1S/C29H27ClN2O4/c1-19(2)25(29(35)36-26(21-14-8-4-9-15-21)22-16-10-5-11-17-22)32-27(30)24(28(32)34)31-23(33)18-20-12-6-3-7-13-20/h3-17,24,26-27H,18H2,1-2H3,(H,31,33)/t24-,27+/m1/s1. The fourth-order valence-corrected chi connectivity index (χ4v) is 4.48. The van der Waals surface area contributed by atoms with Gasteiger partial charge in [-0.2, -0.15) is 0 Å². The molecule has 0 aromatic heterocycles. The highest BCUT2D eigenvalue weighted by Gasteiger charge is 2.51. The molecule has 1 aliphatic rings. The first-order valence-corrected chi connectivity index (χ1v) is 12.1. The van der Waals surface area contributed by atoms with Gasteiger partial charge in [0, 0.05) is 0 Å². The van der Waals surface area contributed by atoms with Crippen molar-refractivity contribution in [2.24, 2.45) is 0 Å². The molecule has 0 bridgehead atoms. The second-order valence-corrected chi connectivity index (χ2v) is 9.19. The molecule has 0 unspecified atom stereocenters. The number of carbonyl (C=O) groups is 3. The van der Waals surface area contributed by atoms with Gasteiger partial charge in [-0.1, -0.05) is 103 Å². The summed E-state index contributed by atoms with van der Waals surface area (Å²) in [6.07, 6.45) is -0.539. The lowest BCUT2D eigenvalue weighted by Gasteiger charge is -2.44. The Kier molecular flexibility index (Phi) is 7.86. The zero-order valence-electron chi connectivity index (χ0n) is 20.1. The van der Waals surface area contributed by atoms with Crippen LogP contribution >= 0.6 is 11.6 Å². The molecule has 0 radical (unpaired) electrons. The third-order valence-corrected chi connectivity index (χ3v) is 6.33. The minimum Gasteiger partial charge on any atom is -0.448 e. The molecule has 0 saturated carbocycles. The van der Waals surface area contributed by atoms with Crippen molar-refractivity contribution in [3.63, 3.8) is 0 Å². The lowest BCUT2D eigenvalue weighted by molar-refractivity contribution is -0.154. The van der Waals surface area contributed by atoms with Crippen LogP contribution < -0.4 is 5.32 Å². The lowest BCUT2D eigenvalue weighted by Crippen LogP contribution is -2.68. The van der Waals surface area contributed by atoms with Crippen molar-refractivity contribution in [2.75, 3.05) is 0 Å². The first-order chi connectivity index (χ1) is 17.4. The first-order valence-electron chi connectivity index (χ1n) is 11.7. The summed E-state index contributed by atoms with van der Waals surface area (Å²) in [5.41, 5.74) is 2.16. The number of halogens is 1. The number of ether oxygens (including phenoxy) is 1. The summed E-state index contributed by atoms with van der Waals surface area (Å²) < 4.78 is 5.96. The number of nitrogens with zero attached hydrogens (tertiary/aromatic N) is 1. The highest BCUT2D eigenvalue weighted by atomic mass is 35.5. The van der Waals surface area contributed by atoms with Crippen molar-refractivity contribution >= 4 is 29.4 Å². The van der Waals surface area contributed by atoms with Gasteiger partial charge in [-0.05, 0) is 36.1 Å². The maximum atomic E-state index is 13.4. The summed E-state index contributed by atoms with van der Waals surface area (Å²) in [6.45, 7) is 3.43. The minimum absolute atomic E-state index is 0.0745. The van der Waals surface area contributed by atoms with Crippen LogP contribution in [0, 0.1) is 0 Å². The lowest BCUT2D eigenvalue weighted by atomic mass is 10.0. The first kappa shape index (κ1) is 25.2. The van der Waals surface area contributed by atoms with Crippen molar-refractivity contribution in [3.8, 4) is 0 Å². The van der Waals surface area contributed by atoms with E-state index >= 15 is 0 Å². The van der Waals surface area contributed by atoms with E-state index in [0.717, 1.165) is 16.7 Å². The van der Waals surface area contributed by atoms with E-state index in [0.29, 0.717) is 5.57 Å². The van der Waals surface area contributed by atoms with Gasteiger partial charge in [0.25, 0.3) is 5.91 Å². The van der Waals surface area contributed by atoms with Gasteiger partial charge in [-0.15, -0.1) is 0 Å². The number of allylic oxidation sites excluding steroid dienone is 1. The summed E-state index contributed by atoms with van der Waals surface area (Å²) in [7, 11) is 0. The van der Waals surface area contributed by atoms with Crippen LogP contribution in [0.15, 0.2) is 102 Å². The predicted octanol–water partition coefficient (Wildman–Crippen LogP) is 4.75. The fourth-order valence-electron chi connectivity index (χ4n) is 4.12. The highest BCUT2D eigenvalue weighted by Crippen LogP contribution is 2.33. The second-order valence-electron chi connectivity index (χ2n) is 8.74. The Balaban J connectivity index is 1.49. The van der Waals surface area contributed by atoms with Crippen molar-refractivity contribution in [3.05, 3.63) is 119 Å². The van der Waals surface area contributed by atoms with Gasteiger partial charge < -0.3 is 10.1 Å². The molecular weight excluding hydrogens is 476 g/mol.